The van der Waals surface area contributed by atoms with Crippen molar-refractivity contribution in [2.24, 2.45) is 23.2 Å². The fourth-order valence-corrected chi connectivity index (χ4v) is 5.74. The monoisotopic (exact) mass is 368 g/mol. The van der Waals surface area contributed by atoms with Crippen molar-refractivity contribution in [1.82, 2.24) is 9.88 Å². The lowest BCUT2D eigenvalue weighted by Gasteiger charge is -2.50. The van der Waals surface area contributed by atoms with E-state index >= 15 is 0 Å². The Balaban J connectivity index is 1.40. The third kappa shape index (κ3) is 3.69. The maximum Gasteiger partial charge on any atom is 0.310 e. The zero-order chi connectivity index (χ0) is 19.0. The number of esters is 1. The average Bonchev–Trinajstić information content (AvgIpc) is 2.93. The van der Waals surface area contributed by atoms with Gasteiger partial charge in [-0.3, -0.25) is 9.78 Å². The second kappa shape index (κ2) is 7.38. The van der Waals surface area contributed by atoms with Crippen molar-refractivity contribution < 1.29 is 9.53 Å². The van der Waals surface area contributed by atoms with Gasteiger partial charge in [-0.1, -0.05) is 25.1 Å². The highest BCUT2D eigenvalue weighted by atomic mass is 16.6. The van der Waals surface area contributed by atoms with E-state index in [1.165, 1.54) is 18.4 Å². The van der Waals surface area contributed by atoms with E-state index in [1.54, 1.807) is 0 Å². The van der Waals surface area contributed by atoms with Gasteiger partial charge >= 0.3 is 5.97 Å². The minimum absolute atomic E-state index is 0.00279. The molecule has 5 atom stereocenters. The fourth-order valence-electron chi connectivity index (χ4n) is 5.74. The summed E-state index contributed by atoms with van der Waals surface area (Å²) in [5.74, 6) is 0.927. The maximum absolute atomic E-state index is 12.7. The van der Waals surface area contributed by atoms with Crippen molar-refractivity contribution >= 4 is 5.97 Å². The highest BCUT2D eigenvalue weighted by Crippen LogP contribution is 2.56. The average molecular weight is 369 g/mol. The van der Waals surface area contributed by atoms with Gasteiger partial charge in [-0.25, -0.2) is 0 Å². The van der Waals surface area contributed by atoms with Crippen LogP contribution >= 0.6 is 0 Å². The number of rotatable bonds is 5. The lowest BCUT2D eigenvalue weighted by Crippen LogP contribution is -2.45. The summed E-state index contributed by atoms with van der Waals surface area (Å²) in [5.41, 5.74) is 2.78. The smallest absolute Gasteiger partial charge is 0.310 e. The molecule has 0 spiro atoms. The van der Waals surface area contributed by atoms with Crippen molar-refractivity contribution in [3.05, 3.63) is 42.2 Å². The van der Waals surface area contributed by atoms with E-state index < -0.39 is 0 Å². The van der Waals surface area contributed by atoms with Gasteiger partial charge in [0.1, 0.15) is 6.10 Å². The molecule has 3 aliphatic rings. The van der Waals surface area contributed by atoms with E-state index in [2.05, 4.69) is 36.5 Å². The molecule has 0 unspecified atom stereocenters. The third-order valence-corrected chi connectivity index (χ3v) is 7.30. The van der Waals surface area contributed by atoms with Crippen LogP contribution in [-0.4, -0.2) is 42.1 Å². The number of nitrogens with zero attached hydrogens (tertiary/aromatic N) is 2. The topological polar surface area (TPSA) is 42.4 Å². The number of carbonyl (C=O) groups excluding carboxylic acids is 1. The number of hydrogen-bond donors (Lipinski definition) is 0. The quantitative estimate of drug-likeness (QED) is 0.584. The molecule has 0 aromatic carbocycles. The van der Waals surface area contributed by atoms with E-state index in [0.717, 1.165) is 44.5 Å². The molecule has 2 aliphatic carbocycles. The summed E-state index contributed by atoms with van der Waals surface area (Å²) in [6.07, 6.45) is 8.57. The summed E-state index contributed by atoms with van der Waals surface area (Å²) < 4.78 is 5.88. The van der Waals surface area contributed by atoms with Crippen molar-refractivity contribution in [1.29, 1.82) is 0 Å². The molecule has 1 saturated heterocycles. The lowest BCUT2D eigenvalue weighted by atomic mass is 9.55. The molecule has 1 aromatic rings. The minimum Gasteiger partial charge on any atom is -0.462 e. The van der Waals surface area contributed by atoms with Gasteiger partial charge in [-0.15, -0.1) is 0 Å². The summed E-state index contributed by atoms with van der Waals surface area (Å²) in [6, 6.07) is 6.03. The van der Waals surface area contributed by atoms with Crippen LogP contribution in [-0.2, 0) is 16.0 Å². The maximum atomic E-state index is 12.7. The molecule has 0 N–H and O–H groups in total. The molecule has 146 valence electrons. The Morgan fingerprint density at radius 3 is 3.04 bits per heavy atom. The Morgan fingerprint density at radius 1 is 1.41 bits per heavy atom. The number of carbonyl (C=O) groups is 1. The van der Waals surface area contributed by atoms with Gasteiger partial charge in [0.2, 0.25) is 0 Å². The number of likely N-dealkylation sites (N-methyl/N-ethyl adjacent to an activating group) is 1. The van der Waals surface area contributed by atoms with Gasteiger partial charge in [0.25, 0.3) is 0 Å². The van der Waals surface area contributed by atoms with Crippen LogP contribution in [0.2, 0.25) is 0 Å². The number of allylic oxidation sites excluding steroid dienone is 1. The van der Waals surface area contributed by atoms with Crippen LogP contribution in [0.4, 0.5) is 0 Å². The summed E-state index contributed by atoms with van der Waals surface area (Å²) in [6.45, 7) is 8.46. The Kier molecular flexibility index (Phi) is 5.11. The number of fused-ring (bicyclic) bond motifs is 2. The molecule has 0 radical (unpaired) electrons. The number of ether oxygens (including phenoxy) is 1. The molecular weight excluding hydrogens is 336 g/mol. The highest BCUT2D eigenvalue weighted by Gasteiger charge is 2.55. The molecule has 4 heteroatoms. The van der Waals surface area contributed by atoms with Crippen molar-refractivity contribution in [3.8, 4) is 0 Å². The van der Waals surface area contributed by atoms with Crippen LogP contribution in [0, 0.1) is 23.2 Å². The Labute approximate surface area is 163 Å². The lowest BCUT2D eigenvalue weighted by molar-refractivity contribution is -0.146. The Morgan fingerprint density at radius 2 is 2.26 bits per heavy atom. The van der Waals surface area contributed by atoms with Gasteiger partial charge in [0.15, 0.2) is 0 Å². The second-order valence-electron chi connectivity index (χ2n) is 9.24. The first kappa shape index (κ1) is 18.7. The largest absolute Gasteiger partial charge is 0.462 e. The molecule has 0 bridgehead atoms. The van der Waals surface area contributed by atoms with Crippen LogP contribution < -0.4 is 0 Å². The minimum atomic E-state index is 0.00279. The first-order valence-electron chi connectivity index (χ1n) is 10.4. The van der Waals surface area contributed by atoms with Gasteiger partial charge in [0, 0.05) is 37.3 Å². The van der Waals surface area contributed by atoms with Crippen molar-refractivity contribution in [2.75, 3.05) is 20.1 Å². The first-order chi connectivity index (χ1) is 13.0. The normalized spacial score (nSPS) is 35.7. The fraction of sp³-hybridized carbons (Fsp3) is 0.652. The number of hydrogen-bond acceptors (Lipinski definition) is 4. The molecule has 1 aliphatic heterocycles. The predicted octanol–water partition coefficient (Wildman–Crippen LogP) is 3.87. The van der Waals surface area contributed by atoms with Crippen molar-refractivity contribution in [3.63, 3.8) is 0 Å². The molecule has 2 heterocycles. The molecule has 2 saturated carbocycles. The molecule has 0 amide bonds. The number of aromatic nitrogens is 1. The zero-order valence-electron chi connectivity index (χ0n) is 16.7. The SMILES string of the molecule is C=C1CCC[C@]2(C)C[C@H]3OC(=O)[C@@H](CN(C)CCc4ccccn4)[C@@H]3C[C@@H]12. The molecule has 4 rings (SSSR count). The molecule has 4 nitrogen and oxygen atoms in total. The van der Waals surface area contributed by atoms with Crippen molar-refractivity contribution in [2.45, 2.75) is 51.6 Å². The van der Waals surface area contributed by atoms with Gasteiger partial charge in [-0.2, -0.15) is 0 Å². The third-order valence-electron chi connectivity index (χ3n) is 7.30. The zero-order valence-corrected chi connectivity index (χ0v) is 16.7. The van der Waals surface area contributed by atoms with E-state index in [-0.39, 0.29) is 23.4 Å². The Bertz CT molecular complexity index is 704. The molecule has 27 heavy (non-hydrogen) atoms. The number of pyridine rings is 1. The van der Waals surface area contributed by atoms with E-state index in [4.69, 9.17) is 4.74 Å². The summed E-state index contributed by atoms with van der Waals surface area (Å²) >= 11 is 0. The summed E-state index contributed by atoms with van der Waals surface area (Å²) in [4.78, 5) is 19.3. The van der Waals surface area contributed by atoms with E-state index in [9.17, 15) is 4.79 Å². The standard InChI is InChI=1S/C23H32N2O2/c1-16-7-6-10-23(2)14-21-18(13-20(16)23)19(22(26)27-21)15-25(3)12-9-17-8-4-5-11-24-17/h4-5,8,11,18-21H,1,6-7,9-10,12-15H2,2-3H3/t18-,19-,20-,21+,23+/m0/s1. The van der Waals surface area contributed by atoms with Gasteiger partial charge in [-0.05, 0) is 62.6 Å². The summed E-state index contributed by atoms with van der Waals surface area (Å²) in [5, 5.41) is 0. The van der Waals surface area contributed by atoms with Crippen LogP contribution in [0.25, 0.3) is 0 Å². The molecular formula is C23H32N2O2. The van der Waals surface area contributed by atoms with E-state index in [1.807, 2.05) is 18.3 Å². The molecule has 1 aromatic heterocycles. The second-order valence-corrected chi connectivity index (χ2v) is 9.24. The van der Waals surface area contributed by atoms with E-state index in [0.29, 0.717) is 11.8 Å². The Hall–Kier alpha value is -1.68. The van der Waals surface area contributed by atoms with Crippen LogP contribution in [0.1, 0.15) is 44.7 Å². The van der Waals surface area contributed by atoms with Crippen LogP contribution in [0.15, 0.2) is 36.5 Å². The van der Waals surface area contributed by atoms with Gasteiger partial charge < -0.3 is 9.64 Å². The first-order valence-corrected chi connectivity index (χ1v) is 10.4. The molecule has 3 fully saturated rings. The predicted molar refractivity (Wildman–Crippen MR) is 106 cm³/mol. The van der Waals surface area contributed by atoms with Gasteiger partial charge in [0.05, 0.1) is 5.92 Å². The highest BCUT2D eigenvalue weighted by molar-refractivity contribution is 5.75. The van der Waals surface area contributed by atoms with Crippen LogP contribution in [0.5, 0.6) is 0 Å². The van der Waals surface area contributed by atoms with Crippen LogP contribution in [0.3, 0.4) is 0 Å². The summed E-state index contributed by atoms with van der Waals surface area (Å²) in [7, 11) is 2.11.